The molecule has 20 heavy (non-hydrogen) atoms. The van der Waals surface area contributed by atoms with Crippen LogP contribution in [0.2, 0.25) is 5.02 Å². The second kappa shape index (κ2) is 5.97. The van der Waals surface area contributed by atoms with E-state index in [0.29, 0.717) is 10.8 Å². The van der Waals surface area contributed by atoms with E-state index in [9.17, 15) is 4.79 Å². The summed E-state index contributed by atoms with van der Waals surface area (Å²) in [6, 6.07) is 11.1. The van der Waals surface area contributed by atoms with Crippen molar-refractivity contribution in [3.63, 3.8) is 0 Å². The number of aryl methyl sites for hydroxylation is 1. The number of aromatic carboxylic acids is 1. The van der Waals surface area contributed by atoms with Gasteiger partial charge in [-0.25, -0.2) is 4.79 Å². The molecule has 0 heterocycles. The molecule has 2 aromatic rings. The number of halogens is 1. The largest absolute Gasteiger partial charge is 0.496 e. The summed E-state index contributed by atoms with van der Waals surface area (Å²) >= 11 is 6.21. The summed E-state index contributed by atoms with van der Waals surface area (Å²) in [6.45, 7) is 2.08. The van der Waals surface area contributed by atoms with Crippen LogP contribution >= 0.6 is 11.6 Å². The maximum Gasteiger partial charge on any atom is 0.339 e. The molecule has 2 aromatic carbocycles. The Morgan fingerprint density at radius 1 is 1.30 bits per heavy atom. The average molecular weight is 291 g/mol. The number of methoxy groups -OCH3 is 1. The molecule has 0 radical (unpaired) electrons. The molecule has 3 nitrogen and oxygen atoms in total. The van der Waals surface area contributed by atoms with Gasteiger partial charge in [0.15, 0.2) is 0 Å². The molecule has 0 bridgehead atoms. The van der Waals surface area contributed by atoms with E-state index < -0.39 is 5.97 Å². The van der Waals surface area contributed by atoms with Crippen molar-refractivity contribution in [3.05, 3.63) is 52.5 Å². The summed E-state index contributed by atoms with van der Waals surface area (Å²) in [6.07, 6.45) is 0.926. The number of hydrogen-bond acceptors (Lipinski definition) is 2. The molecule has 104 valence electrons. The van der Waals surface area contributed by atoms with Gasteiger partial charge in [0.25, 0.3) is 0 Å². The second-order valence-electron chi connectivity index (χ2n) is 4.39. The van der Waals surface area contributed by atoms with Gasteiger partial charge in [-0.2, -0.15) is 0 Å². The number of carboxylic acid groups (broad SMARTS) is 1. The predicted octanol–water partition coefficient (Wildman–Crippen LogP) is 4.28. The fraction of sp³-hybridized carbons (Fsp3) is 0.188. The monoisotopic (exact) mass is 290 g/mol. The smallest absolute Gasteiger partial charge is 0.339 e. The van der Waals surface area contributed by atoms with Gasteiger partial charge in [0.2, 0.25) is 0 Å². The number of hydrogen-bond donors (Lipinski definition) is 1. The highest BCUT2D eigenvalue weighted by atomic mass is 35.5. The van der Waals surface area contributed by atoms with Crippen LogP contribution in [0.15, 0.2) is 36.4 Å². The molecule has 0 unspecified atom stereocenters. The zero-order chi connectivity index (χ0) is 14.7. The number of benzene rings is 2. The van der Waals surface area contributed by atoms with E-state index in [2.05, 4.69) is 6.92 Å². The van der Waals surface area contributed by atoms with Gasteiger partial charge in [0.1, 0.15) is 11.3 Å². The maximum atomic E-state index is 11.1. The van der Waals surface area contributed by atoms with E-state index in [1.807, 2.05) is 24.3 Å². The van der Waals surface area contributed by atoms with Gasteiger partial charge >= 0.3 is 5.97 Å². The summed E-state index contributed by atoms with van der Waals surface area (Å²) in [7, 11) is 1.45. The summed E-state index contributed by atoms with van der Waals surface area (Å²) < 4.78 is 5.14. The first-order valence-electron chi connectivity index (χ1n) is 6.27. The lowest BCUT2D eigenvalue weighted by atomic mass is 10.00. The molecule has 0 aliphatic heterocycles. The van der Waals surface area contributed by atoms with Crippen LogP contribution in [0.4, 0.5) is 0 Å². The highest BCUT2D eigenvalue weighted by molar-refractivity contribution is 6.33. The Kier molecular flexibility index (Phi) is 4.30. The molecule has 0 atom stereocenters. The molecule has 0 fully saturated rings. The van der Waals surface area contributed by atoms with Crippen molar-refractivity contribution in [2.75, 3.05) is 7.11 Å². The normalized spacial score (nSPS) is 10.3. The number of carbonyl (C=O) groups is 1. The van der Waals surface area contributed by atoms with Crippen LogP contribution in [0.5, 0.6) is 5.75 Å². The Bertz CT molecular complexity index is 650. The first kappa shape index (κ1) is 14.4. The van der Waals surface area contributed by atoms with Crippen LogP contribution in [0, 0.1) is 0 Å². The molecule has 0 saturated carbocycles. The van der Waals surface area contributed by atoms with Crippen LogP contribution in [0.25, 0.3) is 11.1 Å². The number of carboxylic acids is 1. The van der Waals surface area contributed by atoms with Gasteiger partial charge in [-0.15, -0.1) is 0 Å². The lowest BCUT2D eigenvalue weighted by Gasteiger charge is -2.11. The third-order valence-electron chi connectivity index (χ3n) is 3.17. The average Bonchev–Trinajstić information content (AvgIpc) is 2.46. The van der Waals surface area contributed by atoms with Crippen molar-refractivity contribution in [1.82, 2.24) is 0 Å². The van der Waals surface area contributed by atoms with Crippen molar-refractivity contribution in [1.29, 1.82) is 0 Å². The van der Waals surface area contributed by atoms with E-state index in [0.717, 1.165) is 17.5 Å². The molecular weight excluding hydrogens is 276 g/mol. The van der Waals surface area contributed by atoms with Crippen LogP contribution in [0.1, 0.15) is 22.8 Å². The SMILES string of the molecule is CCc1cccc(-c2cc(OC)c(C(=O)O)cc2Cl)c1. The first-order valence-corrected chi connectivity index (χ1v) is 6.64. The lowest BCUT2D eigenvalue weighted by Crippen LogP contribution is -2.01. The maximum absolute atomic E-state index is 11.1. The van der Waals surface area contributed by atoms with Gasteiger partial charge in [-0.05, 0) is 29.7 Å². The van der Waals surface area contributed by atoms with E-state index in [-0.39, 0.29) is 5.56 Å². The topological polar surface area (TPSA) is 46.5 Å². The Hall–Kier alpha value is -2.00. The van der Waals surface area contributed by atoms with Gasteiger partial charge in [-0.1, -0.05) is 42.8 Å². The standard InChI is InChI=1S/C16H15ClO3/c1-3-10-5-4-6-11(7-10)12-9-15(20-2)13(16(18)19)8-14(12)17/h4-9H,3H2,1-2H3,(H,18,19). The highest BCUT2D eigenvalue weighted by Gasteiger charge is 2.15. The van der Waals surface area contributed by atoms with Crippen molar-refractivity contribution in [2.24, 2.45) is 0 Å². The minimum absolute atomic E-state index is 0.0629. The quantitative estimate of drug-likeness (QED) is 0.914. The fourth-order valence-electron chi connectivity index (χ4n) is 2.07. The van der Waals surface area contributed by atoms with Gasteiger partial charge in [-0.3, -0.25) is 0 Å². The number of rotatable bonds is 4. The van der Waals surface area contributed by atoms with Crippen LogP contribution in [-0.2, 0) is 6.42 Å². The van der Waals surface area contributed by atoms with E-state index in [1.54, 1.807) is 6.07 Å². The molecule has 0 saturated heterocycles. The molecular formula is C16H15ClO3. The van der Waals surface area contributed by atoms with Crippen molar-refractivity contribution < 1.29 is 14.6 Å². The molecule has 0 spiro atoms. The third-order valence-corrected chi connectivity index (χ3v) is 3.48. The first-order chi connectivity index (χ1) is 9.56. The van der Waals surface area contributed by atoms with Crippen molar-refractivity contribution in [3.8, 4) is 16.9 Å². The summed E-state index contributed by atoms with van der Waals surface area (Å²) in [5.74, 6) is -0.753. The Morgan fingerprint density at radius 2 is 2.05 bits per heavy atom. The summed E-state index contributed by atoms with van der Waals surface area (Å²) in [5.41, 5.74) is 2.97. The van der Waals surface area contributed by atoms with Gasteiger partial charge < -0.3 is 9.84 Å². The van der Waals surface area contributed by atoms with E-state index in [4.69, 9.17) is 21.4 Å². The Morgan fingerprint density at radius 3 is 2.65 bits per heavy atom. The van der Waals surface area contributed by atoms with Crippen LogP contribution in [0.3, 0.4) is 0 Å². The lowest BCUT2D eigenvalue weighted by molar-refractivity contribution is 0.0693. The molecule has 1 N–H and O–H groups in total. The van der Waals surface area contributed by atoms with Crippen molar-refractivity contribution in [2.45, 2.75) is 13.3 Å². The van der Waals surface area contributed by atoms with E-state index >= 15 is 0 Å². The highest BCUT2D eigenvalue weighted by Crippen LogP contribution is 2.34. The van der Waals surface area contributed by atoms with Crippen molar-refractivity contribution >= 4 is 17.6 Å². The van der Waals surface area contributed by atoms with E-state index in [1.165, 1.54) is 18.7 Å². The molecule has 4 heteroatoms. The zero-order valence-electron chi connectivity index (χ0n) is 11.3. The van der Waals surface area contributed by atoms with Gasteiger partial charge in [0.05, 0.1) is 7.11 Å². The molecule has 0 aromatic heterocycles. The number of ether oxygens (including phenoxy) is 1. The predicted molar refractivity (Wildman–Crippen MR) is 79.8 cm³/mol. The third kappa shape index (κ3) is 2.78. The summed E-state index contributed by atoms with van der Waals surface area (Å²) in [5, 5.41) is 9.53. The molecule has 0 aliphatic carbocycles. The van der Waals surface area contributed by atoms with Crippen LogP contribution < -0.4 is 4.74 Å². The zero-order valence-corrected chi connectivity index (χ0v) is 12.1. The molecule has 2 rings (SSSR count). The second-order valence-corrected chi connectivity index (χ2v) is 4.80. The van der Waals surface area contributed by atoms with Gasteiger partial charge in [0, 0.05) is 10.6 Å². The Labute approximate surface area is 122 Å². The minimum Gasteiger partial charge on any atom is -0.496 e. The fourth-order valence-corrected chi connectivity index (χ4v) is 2.34. The van der Waals surface area contributed by atoms with Crippen LogP contribution in [-0.4, -0.2) is 18.2 Å². The molecule has 0 aliphatic rings. The molecule has 0 amide bonds. The summed E-state index contributed by atoms with van der Waals surface area (Å²) in [4.78, 5) is 11.1. The Balaban J connectivity index is 2.59. The minimum atomic E-state index is -1.06.